The monoisotopic (exact) mass is 261 g/mol. The predicted molar refractivity (Wildman–Crippen MR) is 67.2 cm³/mol. The Morgan fingerprint density at radius 1 is 1.41 bits per heavy atom. The van der Waals surface area contributed by atoms with Crippen molar-refractivity contribution in [2.45, 2.75) is 26.3 Å². The fraction of sp³-hybridized carbons (Fsp3) is 0.818. The number of hydrogen-bond acceptors (Lipinski definition) is 3. The number of nitrogens with one attached hydrogen (secondary N) is 1. The Hall–Kier alpha value is -0.810. The molecule has 0 spiro atoms. The zero-order chi connectivity index (χ0) is 12.8. The van der Waals surface area contributed by atoms with Crippen LogP contribution in [0.5, 0.6) is 0 Å². The van der Waals surface area contributed by atoms with Gasteiger partial charge in [-0.2, -0.15) is 0 Å². The first-order valence-corrected chi connectivity index (χ1v) is 6.50. The van der Waals surface area contributed by atoms with Crippen LogP contribution in [0.3, 0.4) is 0 Å². The molecule has 0 bridgehead atoms. The minimum atomic E-state index is -0.310. The van der Waals surface area contributed by atoms with Crippen molar-refractivity contribution in [2.75, 3.05) is 32.1 Å². The number of nitrogens with zero attached hydrogens (tertiary/aromatic N) is 2. The van der Waals surface area contributed by atoms with Crippen molar-refractivity contribution in [2.24, 2.45) is 0 Å². The van der Waals surface area contributed by atoms with Crippen LogP contribution in [0.25, 0.3) is 0 Å². The molecule has 98 valence electrons. The Kier molecular flexibility index (Phi) is 5.71. The van der Waals surface area contributed by atoms with Gasteiger partial charge in [0.1, 0.15) is 0 Å². The summed E-state index contributed by atoms with van der Waals surface area (Å²) in [5.41, 5.74) is 0. The molecule has 1 atom stereocenters. The van der Waals surface area contributed by atoms with E-state index in [1.165, 1.54) is 0 Å². The van der Waals surface area contributed by atoms with Crippen LogP contribution in [0.4, 0.5) is 4.79 Å². The fourth-order valence-corrected chi connectivity index (χ4v) is 2.17. The van der Waals surface area contributed by atoms with Crippen LogP contribution in [0, 0.1) is 0 Å². The Balaban J connectivity index is 2.41. The van der Waals surface area contributed by atoms with Crippen LogP contribution in [0.15, 0.2) is 0 Å². The normalized spacial score (nSPS) is 21.4. The third kappa shape index (κ3) is 4.16. The molecule has 0 aromatic carbocycles. The molecular weight excluding hydrogens is 242 g/mol. The molecule has 0 radical (unpaired) electrons. The Labute approximate surface area is 107 Å². The van der Waals surface area contributed by atoms with Crippen molar-refractivity contribution in [3.05, 3.63) is 0 Å². The number of urea groups is 1. The Bertz CT molecular complexity index is 286. The molecule has 1 saturated heterocycles. The van der Waals surface area contributed by atoms with Crippen molar-refractivity contribution in [3.8, 4) is 0 Å². The quantitative estimate of drug-likeness (QED) is 0.768. The predicted octanol–water partition coefficient (Wildman–Crippen LogP) is 0.877. The van der Waals surface area contributed by atoms with Gasteiger partial charge < -0.3 is 4.90 Å². The molecule has 0 aromatic heterocycles. The van der Waals surface area contributed by atoms with Crippen LogP contribution in [-0.4, -0.2) is 59.8 Å². The summed E-state index contributed by atoms with van der Waals surface area (Å²) >= 11 is 5.43. The zero-order valence-corrected chi connectivity index (χ0v) is 11.2. The standard InChI is InChI=1S/C11H20ClN3O2/c1-3-14-6-7-15(8-9(14)2)11(17)13-10(16)4-5-12/h9H,3-8H2,1-2H3,(H,13,16,17). The molecule has 1 fully saturated rings. The van der Waals surface area contributed by atoms with E-state index in [-0.39, 0.29) is 24.2 Å². The molecule has 1 aliphatic heterocycles. The van der Waals surface area contributed by atoms with E-state index < -0.39 is 0 Å². The summed E-state index contributed by atoms with van der Waals surface area (Å²) in [6.07, 6.45) is 0.178. The maximum Gasteiger partial charge on any atom is 0.324 e. The molecular formula is C11H20ClN3O2. The van der Waals surface area contributed by atoms with E-state index >= 15 is 0 Å². The molecule has 0 aromatic rings. The average Bonchev–Trinajstić information content (AvgIpc) is 2.29. The van der Waals surface area contributed by atoms with Crippen LogP contribution in [0.2, 0.25) is 0 Å². The van der Waals surface area contributed by atoms with E-state index in [4.69, 9.17) is 11.6 Å². The summed E-state index contributed by atoms with van der Waals surface area (Å²) in [6, 6.07) is 0.0327. The summed E-state index contributed by atoms with van der Waals surface area (Å²) in [6.45, 7) is 7.36. The van der Waals surface area contributed by atoms with E-state index in [9.17, 15) is 9.59 Å². The van der Waals surface area contributed by atoms with E-state index in [1.807, 2.05) is 0 Å². The van der Waals surface area contributed by atoms with E-state index in [2.05, 4.69) is 24.1 Å². The molecule has 0 saturated carbocycles. The van der Waals surface area contributed by atoms with Crippen LogP contribution >= 0.6 is 11.6 Å². The first-order chi connectivity index (χ1) is 8.08. The first-order valence-electron chi connectivity index (χ1n) is 5.97. The van der Waals surface area contributed by atoms with Gasteiger partial charge in [0.05, 0.1) is 0 Å². The number of carbonyl (C=O) groups excluding carboxylic acids is 2. The van der Waals surface area contributed by atoms with Crippen molar-refractivity contribution in [1.82, 2.24) is 15.1 Å². The lowest BCUT2D eigenvalue weighted by Gasteiger charge is -2.39. The number of alkyl halides is 1. The van der Waals surface area contributed by atoms with Gasteiger partial charge in [-0.1, -0.05) is 6.92 Å². The van der Waals surface area contributed by atoms with Gasteiger partial charge in [-0.3, -0.25) is 15.0 Å². The number of amides is 3. The SMILES string of the molecule is CCN1CCN(C(=O)NC(=O)CCCl)CC1C. The average molecular weight is 262 g/mol. The third-order valence-electron chi connectivity index (χ3n) is 3.03. The maximum atomic E-state index is 11.8. The lowest BCUT2D eigenvalue weighted by Crippen LogP contribution is -2.56. The number of carbonyl (C=O) groups is 2. The molecule has 1 rings (SSSR count). The second-order valence-corrected chi connectivity index (χ2v) is 4.59. The summed E-state index contributed by atoms with van der Waals surface area (Å²) in [4.78, 5) is 27.0. The second kappa shape index (κ2) is 6.81. The summed E-state index contributed by atoms with van der Waals surface area (Å²) in [5.74, 6) is -0.0744. The smallest absolute Gasteiger partial charge is 0.322 e. The van der Waals surface area contributed by atoms with Crippen LogP contribution in [0.1, 0.15) is 20.3 Å². The van der Waals surface area contributed by atoms with E-state index in [0.29, 0.717) is 19.1 Å². The molecule has 1 aliphatic rings. The van der Waals surface area contributed by atoms with Gasteiger partial charge in [0.2, 0.25) is 5.91 Å². The fourth-order valence-electron chi connectivity index (χ4n) is 2.00. The topological polar surface area (TPSA) is 52.6 Å². The van der Waals surface area contributed by atoms with Gasteiger partial charge in [0.15, 0.2) is 0 Å². The Morgan fingerprint density at radius 2 is 2.12 bits per heavy atom. The highest BCUT2D eigenvalue weighted by Crippen LogP contribution is 2.08. The van der Waals surface area contributed by atoms with Gasteiger partial charge in [0, 0.05) is 38.0 Å². The Morgan fingerprint density at radius 3 is 2.65 bits per heavy atom. The molecule has 3 amide bonds. The molecule has 1 unspecified atom stereocenters. The lowest BCUT2D eigenvalue weighted by atomic mass is 10.2. The van der Waals surface area contributed by atoms with Crippen LogP contribution in [-0.2, 0) is 4.79 Å². The van der Waals surface area contributed by atoms with Crippen molar-refractivity contribution < 1.29 is 9.59 Å². The van der Waals surface area contributed by atoms with Crippen molar-refractivity contribution in [3.63, 3.8) is 0 Å². The third-order valence-corrected chi connectivity index (χ3v) is 3.22. The number of hydrogen-bond donors (Lipinski definition) is 1. The molecule has 0 aliphatic carbocycles. The largest absolute Gasteiger partial charge is 0.324 e. The minimum Gasteiger partial charge on any atom is -0.322 e. The van der Waals surface area contributed by atoms with Crippen molar-refractivity contribution in [1.29, 1.82) is 0 Å². The molecule has 17 heavy (non-hydrogen) atoms. The maximum absolute atomic E-state index is 11.8. The molecule has 1 N–H and O–H groups in total. The molecule has 1 heterocycles. The molecule has 5 nitrogen and oxygen atoms in total. The second-order valence-electron chi connectivity index (χ2n) is 4.22. The number of rotatable bonds is 3. The summed E-state index contributed by atoms with van der Waals surface area (Å²) < 4.78 is 0. The van der Waals surface area contributed by atoms with E-state index in [0.717, 1.165) is 13.1 Å². The zero-order valence-electron chi connectivity index (χ0n) is 10.4. The number of imide groups is 1. The van der Waals surface area contributed by atoms with E-state index in [1.54, 1.807) is 4.90 Å². The minimum absolute atomic E-state index is 0.178. The number of likely N-dealkylation sites (N-methyl/N-ethyl adjacent to an activating group) is 1. The van der Waals surface area contributed by atoms with Crippen molar-refractivity contribution >= 4 is 23.5 Å². The number of piperazine rings is 1. The highest BCUT2D eigenvalue weighted by atomic mass is 35.5. The number of halogens is 1. The first kappa shape index (κ1) is 14.3. The van der Waals surface area contributed by atoms with Gasteiger partial charge in [0.25, 0.3) is 0 Å². The summed E-state index contributed by atoms with van der Waals surface area (Å²) in [7, 11) is 0. The van der Waals surface area contributed by atoms with Gasteiger partial charge in [-0.05, 0) is 13.5 Å². The van der Waals surface area contributed by atoms with Gasteiger partial charge in [-0.15, -0.1) is 11.6 Å². The highest BCUT2D eigenvalue weighted by Gasteiger charge is 2.26. The summed E-state index contributed by atoms with van der Waals surface area (Å²) in [5, 5.41) is 2.35. The molecule has 6 heteroatoms. The lowest BCUT2D eigenvalue weighted by molar-refractivity contribution is -0.119. The van der Waals surface area contributed by atoms with Crippen LogP contribution < -0.4 is 5.32 Å². The highest BCUT2D eigenvalue weighted by molar-refractivity contribution is 6.19. The van der Waals surface area contributed by atoms with Gasteiger partial charge in [-0.25, -0.2) is 4.79 Å². The van der Waals surface area contributed by atoms with Gasteiger partial charge >= 0.3 is 6.03 Å².